The molecule has 1 aliphatic carbocycles. The van der Waals surface area contributed by atoms with Crippen LogP contribution in [0.4, 0.5) is 5.13 Å². The number of aromatic nitrogens is 2. The van der Waals surface area contributed by atoms with Crippen molar-refractivity contribution in [3.05, 3.63) is 35.3 Å². The summed E-state index contributed by atoms with van der Waals surface area (Å²) in [6.07, 6.45) is 8.84. The molecule has 3 aromatic rings. The largest absolute Gasteiger partial charge is 0.359 e. The number of nitrogens with zero attached hydrogens (tertiary/aromatic N) is 2. The topological polar surface area (TPSA) is 29.9 Å². The van der Waals surface area contributed by atoms with Gasteiger partial charge in [0.15, 0.2) is 5.13 Å². The molecule has 1 fully saturated rings. The highest BCUT2D eigenvalue weighted by molar-refractivity contribution is 7.14. The summed E-state index contributed by atoms with van der Waals surface area (Å²) in [5.74, 6) is 0. The van der Waals surface area contributed by atoms with Gasteiger partial charge in [-0.1, -0.05) is 30.9 Å². The van der Waals surface area contributed by atoms with Crippen LogP contribution in [0, 0.1) is 6.92 Å². The van der Waals surface area contributed by atoms with Crippen molar-refractivity contribution in [1.82, 2.24) is 9.55 Å². The number of thiazole rings is 1. The average molecular weight is 325 g/mol. The number of benzene rings is 1. The maximum Gasteiger partial charge on any atom is 0.183 e. The molecule has 0 unspecified atom stereocenters. The molecule has 0 saturated heterocycles. The second kappa shape index (κ2) is 6.00. The van der Waals surface area contributed by atoms with Crippen LogP contribution in [0.25, 0.3) is 22.2 Å². The van der Waals surface area contributed by atoms with Gasteiger partial charge in [0.05, 0.1) is 5.69 Å². The van der Waals surface area contributed by atoms with Crippen LogP contribution in [-0.2, 0) is 7.05 Å². The van der Waals surface area contributed by atoms with Crippen molar-refractivity contribution < 1.29 is 0 Å². The van der Waals surface area contributed by atoms with Crippen LogP contribution in [0.2, 0.25) is 0 Å². The van der Waals surface area contributed by atoms with Gasteiger partial charge in [-0.15, -0.1) is 11.3 Å². The third-order valence-corrected chi connectivity index (χ3v) is 5.63. The van der Waals surface area contributed by atoms with E-state index in [2.05, 4.69) is 53.6 Å². The van der Waals surface area contributed by atoms with E-state index in [9.17, 15) is 0 Å². The number of hydrogen-bond donors (Lipinski definition) is 1. The molecule has 0 atom stereocenters. The fraction of sp³-hybridized carbons (Fsp3) is 0.421. The molecule has 0 bridgehead atoms. The van der Waals surface area contributed by atoms with Crippen molar-refractivity contribution in [2.45, 2.75) is 45.1 Å². The lowest BCUT2D eigenvalue weighted by atomic mass is 9.96. The smallest absolute Gasteiger partial charge is 0.183 e. The molecule has 1 aliphatic rings. The first-order valence-corrected chi connectivity index (χ1v) is 9.37. The van der Waals surface area contributed by atoms with E-state index in [0.29, 0.717) is 6.04 Å². The van der Waals surface area contributed by atoms with E-state index < -0.39 is 0 Å². The normalized spacial score (nSPS) is 16.1. The molecule has 2 heterocycles. The number of rotatable bonds is 3. The zero-order valence-corrected chi connectivity index (χ0v) is 14.6. The van der Waals surface area contributed by atoms with Crippen molar-refractivity contribution >= 4 is 27.4 Å². The van der Waals surface area contributed by atoms with Gasteiger partial charge in [0.2, 0.25) is 0 Å². The Morgan fingerprint density at radius 2 is 2.04 bits per heavy atom. The van der Waals surface area contributed by atoms with E-state index in [1.165, 1.54) is 54.1 Å². The highest BCUT2D eigenvalue weighted by Gasteiger charge is 2.16. The Bertz CT molecular complexity index is 824. The minimum Gasteiger partial charge on any atom is -0.359 e. The first kappa shape index (κ1) is 14.8. The third kappa shape index (κ3) is 2.88. The van der Waals surface area contributed by atoms with Crippen LogP contribution in [0.1, 0.15) is 37.7 Å². The lowest BCUT2D eigenvalue weighted by Gasteiger charge is -2.22. The Labute approximate surface area is 141 Å². The lowest BCUT2D eigenvalue weighted by Crippen LogP contribution is -2.21. The monoisotopic (exact) mass is 325 g/mol. The highest BCUT2D eigenvalue weighted by Crippen LogP contribution is 2.33. The zero-order valence-electron chi connectivity index (χ0n) is 13.8. The van der Waals surface area contributed by atoms with Gasteiger partial charge in [-0.25, -0.2) is 4.98 Å². The van der Waals surface area contributed by atoms with Gasteiger partial charge in [0.25, 0.3) is 0 Å². The zero-order chi connectivity index (χ0) is 15.8. The van der Waals surface area contributed by atoms with Crippen molar-refractivity contribution in [3.8, 4) is 11.3 Å². The van der Waals surface area contributed by atoms with Gasteiger partial charge >= 0.3 is 0 Å². The fourth-order valence-corrected chi connectivity index (χ4v) is 4.38. The van der Waals surface area contributed by atoms with E-state index in [1.807, 2.05) is 0 Å². The quantitative estimate of drug-likeness (QED) is 0.703. The molecule has 2 aromatic heterocycles. The number of nitrogens with one attached hydrogen (secondary N) is 1. The summed E-state index contributed by atoms with van der Waals surface area (Å²) in [6, 6.07) is 7.24. The Morgan fingerprint density at radius 3 is 2.87 bits per heavy atom. The van der Waals surface area contributed by atoms with Gasteiger partial charge in [-0.05, 0) is 31.9 Å². The molecule has 1 saturated carbocycles. The predicted octanol–water partition coefficient (Wildman–Crippen LogP) is 5.35. The molecule has 0 spiro atoms. The van der Waals surface area contributed by atoms with Crippen LogP contribution in [0.3, 0.4) is 0 Å². The number of fused-ring (bicyclic) bond motifs is 1. The van der Waals surface area contributed by atoms with Crippen LogP contribution < -0.4 is 5.32 Å². The average Bonchev–Trinajstić information content (AvgIpc) is 3.13. The van der Waals surface area contributed by atoms with E-state index in [0.717, 1.165) is 10.8 Å². The summed E-state index contributed by atoms with van der Waals surface area (Å²) in [6.45, 7) is 2.15. The highest BCUT2D eigenvalue weighted by atomic mass is 32.1. The van der Waals surface area contributed by atoms with Crippen molar-refractivity contribution in [2.75, 3.05) is 5.32 Å². The van der Waals surface area contributed by atoms with Crippen molar-refractivity contribution in [3.63, 3.8) is 0 Å². The Kier molecular flexibility index (Phi) is 3.85. The lowest BCUT2D eigenvalue weighted by molar-refractivity contribution is 0.462. The molecule has 0 aliphatic heterocycles. The number of hydrogen-bond acceptors (Lipinski definition) is 3. The van der Waals surface area contributed by atoms with Gasteiger partial charge in [-0.3, -0.25) is 0 Å². The molecule has 120 valence electrons. The summed E-state index contributed by atoms with van der Waals surface area (Å²) in [5, 5.41) is 8.18. The molecule has 4 heteroatoms. The van der Waals surface area contributed by atoms with Crippen molar-refractivity contribution in [2.24, 2.45) is 7.05 Å². The van der Waals surface area contributed by atoms with Gasteiger partial charge in [0.1, 0.15) is 0 Å². The Balaban J connectivity index is 1.65. The van der Waals surface area contributed by atoms with E-state index in [4.69, 9.17) is 4.98 Å². The van der Waals surface area contributed by atoms with Gasteiger partial charge < -0.3 is 9.88 Å². The molecule has 0 radical (unpaired) electrons. The number of aryl methyl sites for hydroxylation is 2. The standard InChI is InChI=1S/C19H23N3S/c1-13-8-9-18-15(10-13)16(11-22(18)2)17-12-23-19(21-17)20-14-6-4-3-5-7-14/h8-12,14H,3-7H2,1-2H3,(H,20,21). The number of anilines is 1. The fourth-order valence-electron chi connectivity index (χ4n) is 3.60. The van der Waals surface area contributed by atoms with Crippen molar-refractivity contribution in [1.29, 1.82) is 0 Å². The van der Waals surface area contributed by atoms with Crippen LogP contribution in [-0.4, -0.2) is 15.6 Å². The molecular formula is C19H23N3S. The van der Waals surface area contributed by atoms with Gasteiger partial charge in [-0.2, -0.15) is 0 Å². The SMILES string of the molecule is Cc1ccc2c(c1)c(-c1csc(NC3CCCCC3)n1)cn2C. The molecule has 23 heavy (non-hydrogen) atoms. The predicted molar refractivity (Wildman–Crippen MR) is 99.3 cm³/mol. The minimum absolute atomic E-state index is 0.609. The van der Waals surface area contributed by atoms with E-state index in [1.54, 1.807) is 11.3 Å². The van der Waals surface area contributed by atoms with Crippen LogP contribution in [0.15, 0.2) is 29.8 Å². The summed E-state index contributed by atoms with van der Waals surface area (Å²) in [4.78, 5) is 4.86. The molecule has 0 amide bonds. The van der Waals surface area contributed by atoms with Crippen LogP contribution >= 0.6 is 11.3 Å². The Morgan fingerprint density at radius 1 is 1.22 bits per heavy atom. The first-order valence-electron chi connectivity index (χ1n) is 8.49. The molecule has 4 rings (SSSR count). The molecule has 3 nitrogen and oxygen atoms in total. The molecule has 1 aromatic carbocycles. The van der Waals surface area contributed by atoms with E-state index in [-0.39, 0.29) is 0 Å². The summed E-state index contributed by atoms with van der Waals surface area (Å²) >= 11 is 1.73. The van der Waals surface area contributed by atoms with Gasteiger partial charge in [0, 0.05) is 41.1 Å². The second-order valence-electron chi connectivity index (χ2n) is 6.69. The summed E-state index contributed by atoms with van der Waals surface area (Å²) in [7, 11) is 2.11. The van der Waals surface area contributed by atoms with Crippen LogP contribution in [0.5, 0.6) is 0 Å². The molecule has 1 N–H and O–H groups in total. The minimum atomic E-state index is 0.609. The maximum atomic E-state index is 4.86. The first-order chi connectivity index (χ1) is 11.2. The van der Waals surface area contributed by atoms with E-state index >= 15 is 0 Å². The third-order valence-electron chi connectivity index (χ3n) is 4.86. The second-order valence-corrected chi connectivity index (χ2v) is 7.55. The summed E-state index contributed by atoms with van der Waals surface area (Å²) in [5.41, 5.74) is 4.88. The summed E-state index contributed by atoms with van der Waals surface area (Å²) < 4.78 is 2.19. The molecular weight excluding hydrogens is 302 g/mol. The maximum absolute atomic E-state index is 4.86. The Hall–Kier alpha value is -1.81.